The van der Waals surface area contributed by atoms with Crippen molar-refractivity contribution in [3.05, 3.63) is 0 Å². The van der Waals surface area contributed by atoms with E-state index in [0.29, 0.717) is 0 Å². The molecule has 0 aromatic heterocycles. The van der Waals surface area contributed by atoms with E-state index < -0.39 is 0 Å². The summed E-state index contributed by atoms with van der Waals surface area (Å²) < 4.78 is 0. The van der Waals surface area contributed by atoms with Crippen LogP contribution in [-0.2, 0) is 0 Å². The molecule has 66 valence electrons. The minimum Gasteiger partial charge on any atom is -0.159 e. The Morgan fingerprint density at radius 3 is 2.55 bits per heavy atom. The highest BCUT2D eigenvalue weighted by molar-refractivity contribution is 7.99. The molecule has 1 rings (SSSR count). The third-order valence-corrected chi connectivity index (χ3v) is 3.87. The number of hydrogen-bond donors (Lipinski definition) is 0. The second kappa shape index (κ2) is 5.93. The molecule has 0 amide bonds. The SMILES string of the molecule is CCCCCSC1CCCC1. The van der Waals surface area contributed by atoms with E-state index in [-0.39, 0.29) is 0 Å². The van der Waals surface area contributed by atoms with Crippen LogP contribution in [0.5, 0.6) is 0 Å². The fourth-order valence-corrected chi connectivity index (χ4v) is 3.03. The van der Waals surface area contributed by atoms with Gasteiger partial charge in [-0.3, -0.25) is 0 Å². The lowest BCUT2D eigenvalue weighted by atomic mass is 10.3. The minimum atomic E-state index is 1.03. The zero-order chi connectivity index (χ0) is 7.94. The van der Waals surface area contributed by atoms with Gasteiger partial charge in [-0.05, 0) is 25.0 Å². The van der Waals surface area contributed by atoms with Gasteiger partial charge >= 0.3 is 0 Å². The summed E-state index contributed by atoms with van der Waals surface area (Å²) in [7, 11) is 0. The first-order valence-electron chi connectivity index (χ1n) is 5.05. The molecule has 0 unspecified atom stereocenters. The van der Waals surface area contributed by atoms with Crippen LogP contribution in [0.25, 0.3) is 0 Å². The molecule has 0 aromatic carbocycles. The molecule has 1 aliphatic rings. The Hall–Kier alpha value is 0.350. The molecule has 0 saturated heterocycles. The molecule has 0 bridgehead atoms. The van der Waals surface area contributed by atoms with Crippen molar-refractivity contribution in [1.82, 2.24) is 0 Å². The lowest BCUT2D eigenvalue weighted by molar-refractivity contribution is 0.775. The Morgan fingerprint density at radius 2 is 1.91 bits per heavy atom. The zero-order valence-electron chi connectivity index (χ0n) is 7.64. The topological polar surface area (TPSA) is 0 Å². The summed E-state index contributed by atoms with van der Waals surface area (Å²) in [6.45, 7) is 2.28. The molecule has 0 atom stereocenters. The molecule has 11 heavy (non-hydrogen) atoms. The maximum absolute atomic E-state index is 2.28. The van der Waals surface area contributed by atoms with Gasteiger partial charge < -0.3 is 0 Å². The Bertz CT molecular complexity index is 84.9. The van der Waals surface area contributed by atoms with Crippen LogP contribution < -0.4 is 0 Å². The van der Waals surface area contributed by atoms with E-state index >= 15 is 0 Å². The third kappa shape index (κ3) is 4.05. The maximum atomic E-state index is 2.28. The summed E-state index contributed by atoms with van der Waals surface area (Å²) >= 11 is 2.22. The first kappa shape index (κ1) is 9.44. The van der Waals surface area contributed by atoms with Crippen LogP contribution >= 0.6 is 11.8 Å². The maximum Gasteiger partial charge on any atom is 0.00470 e. The van der Waals surface area contributed by atoms with Crippen LogP contribution in [-0.4, -0.2) is 11.0 Å². The molecule has 0 aromatic rings. The standard InChI is InChI=1S/C10H20S/c1-2-3-6-9-11-10-7-4-5-8-10/h10H,2-9H2,1H3. The van der Waals surface area contributed by atoms with Gasteiger partial charge in [-0.25, -0.2) is 0 Å². The summed E-state index contributed by atoms with van der Waals surface area (Å²) in [4.78, 5) is 0. The Labute approximate surface area is 75.1 Å². The quantitative estimate of drug-likeness (QED) is 0.568. The second-order valence-electron chi connectivity index (χ2n) is 3.48. The van der Waals surface area contributed by atoms with Gasteiger partial charge in [0.1, 0.15) is 0 Å². The lowest BCUT2D eigenvalue weighted by Gasteiger charge is -2.06. The summed E-state index contributed by atoms with van der Waals surface area (Å²) in [6.07, 6.45) is 10.2. The van der Waals surface area contributed by atoms with Gasteiger partial charge in [0.25, 0.3) is 0 Å². The molecular weight excluding hydrogens is 152 g/mol. The van der Waals surface area contributed by atoms with Gasteiger partial charge in [0.2, 0.25) is 0 Å². The van der Waals surface area contributed by atoms with E-state index in [1.54, 1.807) is 0 Å². The molecule has 1 heteroatoms. The van der Waals surface area contributed by atoms with Crippen molar-refractivity contribution in [2.75, 3.05) is 5.75 Å². The van der Waals surface area contributed by atoms with Crippen molar-refractivity contribution in [2.24, 2.45) is 0 Å². The molecule has 0 radical (unpaired) electrons. The summed E-state index contributed by atoms with van der Waals surface area (Å²) in [6, 6.07) is 0. The summed E-state index contributed by atoms with van der Waals surface area (Å²) in [5, 5.41) is 1.03. The van der Waals surface area contributed by atoms with Gasteiger partial charge in [-0.1, -0.05) is 32.6 Å². The highest BCUT2D eigenvalue weighted by Crippen LogP contribution is 2.29. The smallest absolute Gasteiger partial charge is 0.00470 e. The molecule has 1 aliphatic carbocycles. The molecule has 1 fully saturated rings. The molecule has 0 heterocycles. The first-order chi connectivity index (χ1) is 5.43. The average molecular weight is 172 g/mol. The van der Waals surface area contributed by atoms with Gasteiger partial charge in [0.05, 0.1) is 0 Å². The molecule has 0 aliphatic heterocycles. The predicted octanol–water partition coefficient (Wildman–Crippen LogP) is 3.85. The number of unbranched alkanes of at least 4 members (excludes halogenated alkanes) is 2. The van der Waals surface area contributed by atoms with Crippen molar-refractivity contribution < 1.29 is 0 Å². The Balaban J connectivity index is 1.86. The number of hydrogen-bond acceptors (Lipinski definition) is 1. The Kier molecular flexibility index (Phi) is 5.09. The van der Waals surface area contributed by atoms with E-state index in [4.69, 9.17) is 0 Å². The molecule has 0 nitrogen and oxygen atoms in total. The lowest BCUT2D eigenvalue weighted by Crippen LogP contribution is -1.95. The van der Waals surface area contributed by atoms with Gasteiger partial charge in [-0.2, -0.15) is 11.8 Å². The van der Waals surface area contributed by atoms with E-state index in [9.17, 15) is 0 Å². The predicted molar refractivity (Wildman–Crippen MR) is 54.2 cm³/mol. The van der Waals surface area contributed by atoms with Crippen LogP contribution in [0.3, 0.4) is 0 Å². The van der Waals surface area contributed by atoms with Crippen molar-refractivity contribution in [2.45, 2.75) is 57.1 Å². The van der Waals surface area contributed by atoms with E-state index in [1.807, 2.05) is 0 Å². The molecular formula is C10H20S. The Morgan fingerprint density at radius 1 is 1.18 bits per heavy atom. The number of thioether (sulfide) groups is 1. The normalized spacial score (nSPS) is 19.4. The first-order valence-corrected chi connectivity index (χ1v) is 6.10. The van der Waals surface area contributed by atoms with Crippen LogP contribution in [0.4, 0.5) is 0 Å². The fourth-order valence-electron chi connectivity index (χ4n) is 1.66. The zero-order valence-corrected chi connectivity index (χ0v) is 8.46. The van der Waals surface area contributed by atoms with E-state index in [2.05, 4.69) is 18.7 Å². The van der Waals surface area contributed by atoms with Crippen LogP contribution in [0, 0.1) is 0 Å². The van der Waals surface area contributed by atoms with Crippen molar-refractivity contribution in [3.8, 4) is 0 Å². The van der Waals surface area contributed by atoms with Crippen LogP contribution in [0.1, 0.15) is 51.9 Å². The van der Waals surface area contributed by atoms with E-state index in [1.165, 1.54) is 50.7 Å². The highest BCUT2D eigenvalue weighted by Gasteiger charge is 2.14. The van der Waals surface area contributed by atoms with Crippen molar-refractivity contribution >= 4 is 11.8 Å². The van der Waals surface area contributed by atoms with E-state index in [0.717, 1.165) is 5.25 Å². The highest BCUT2D eigenvalue weighted by atomic mass is 32.2. The average Bonchev–Trinajstić information content (AvgIpc) is 2.50. The minimum absolute atomic E-state index is 1.03. The van der Waals surface area contributed by atoms with Crippen molar-refractivity contribution in [3.63, 3.8) is 0 Å². The van der Waals surface area contributed by atoms with Gasteiger partial charge in [0, 0.05) is 5.25 Å². The van der Waals surface area contributed by atoms with Crippen LogP contribution in [0.15, 0.2) is 0 Å². The van der Waals surface area contributed by atoms with Crippen LogP contribution in [0.2, 0.25) is 0 Å². The third-order valence-electron chi connectivity index (χ3n) is 2.40. The van der Waals surface area contributed by atoms with Gasteiger partial charge in [-0.15, -0.1) is 0 Å². The molecule has 0 N–H and O–H groups in total. The molecule has 1 saturated carbocycles. The van der Waals surface area contributed by atoms with Crippen molar-refractivity contribution in [1.29, 1.82) is 0 Å². The summed E-state index contributed by atoms with van der Waals surface area (Å²) in [5.41, 5.74) is 0. The summed E-state index contributed by atoms with van der Waals surface area (Å²) in [5.74, 6) is 1.42. The fraction of sp³-hybridized carbons (Fsp3) is 1.00. The number of rotatable bonds is 5. The molecule has 0 spiro atoms. The largest absolute Gasteiger partial charge is 0.159 e. The van der Waals surface area contributed by atoms with Gasteiger partial charge in [0.15, 0.2) is 0 Å². The monoisotopic (exact) mass is 172 g/mol. The second-order valence-corrected chi connectivity index (χ2v) is 4.89.